The molecule has 1 aromatic carbocycles. The Bertz CT molecular complexity index is 568. The van der Waals surface area contributed by atoms with Crippen molar-refractivity contribution in [2.24, 2.45) is 0 Å². The lowest BCUT2D eigenvalue weighted by atomic mass is 9.95. The molecule has 0 radical (unpaired) electrons. The molecule has 0 aliphatic carbocycles. The smallest absolute Gasteiger partial charge is 0.363 e. The van der Waals surface area contributed by atoms with Crippen LogP contribution in [0.4, 0.5) is 0 Å². The summed E-state index contributed by atoms with van der Waals surface area (Å²) in [5.74, 6) is -2.47. The van der Waals surface area contributed by atoms with Gasteiger partial charge in [0.2, 0.25) is 0 Å². The molecule has 1 unspecified atom stereocenters. The van der Waals surface area contributed by atoms with E-state index in [9.17, 15) is 14.4 Å². The van der Waals surface area contributed by atoms with Crippen LogP contribution in [-0.2, 0) is 35.2 Å². The van der Waals surface area contributed by atoms with Crippen LogP contribution in [0.3, 0.4) is 0 Å². The molecule has 2 rings (SSSR count). The number of hydrogen-bond acceptors (Lipinski definition) is 6. The van der Waals surface area contributed by atoms with Gasteiger partial charge in [-0.1, -0.05) is 50.1 Å². The maximum absolute atomic E-state index is 12.4. The van der Waals surface area contributed by atoms with Gasteiger partial charge in [-0.2, -0.15) is 0 Å². The van der Waals surface area contributed by atoms with Gasteiger partial charge >= 0.3 is 23.5 Å². The Morgan fingerprint density at radius 3 is 2.65 bits per heavy atom. The van der Waals surface area contributed by atoms with E-state index >= 15 is 0 Å². The molecule has 0 spiro atoms. The Hall–Kier alpha value is -2.37. The first-order valence-corrected chi connectivity index (χ1v) is 7.68. The van der Waals surface area contributed by atoms with E-state index in [1.165, 1.54) is 0 Å². The second-order valence-corrected chi connectivity index (χ2v) is 5.40. The summed E-state index contributed by atoms with van der Waals surface area (Å²) in [6.45, 7) is 1.52. The molecule has 1 aromatic rings. The van der Waals surface area contributed by atoms with Gasteiger partial charge in [-0.25, -0.2) is 14.4 Å². The quantitative estimate of drug-likeness (QED) is 0.331. The molecule has 1 fully saturated rings. The first-order valence-electron chi connectivity index (χ1n) is 7.68. The first-order chi connectivity index (χ1) is 11.1. The molecule has 6 nitrogen and oxygen atoms in total. The van der Waals surface area contributed by atoms with Crippen LogP contribution in [-0.4, -0.2) is 30.1 Å². The van der Waals surface area contributed by atoms with E-state index in [1.54, 1.807) is 12.1 Å². The van der Waals surface area contributed by atoms with Crippen molar-refractivity contribution in [1.29, 1.82) is 0 Å². The van der Waals surface area contributed by atoms with E-state index in [-0.39, 0.29) is 13.0 Å². The van der Waals surface area contributed by atoms with Crippen molar-refractivity contribution in [3.63, 3.8) is 0 Å². The van der Waals surface area contributed by atoms with Crippen LogP contribution in [0.25, 0.3) is 0 Å². The number of esters is 3. The maximum atomic E-state index is 12.4. The normalized spacial score (nSPS) is 20.6. The second-order valence-electron chi connectivity index (χ2n) is 5.40. The first kappa shape index (κ1) is 17.0. The molecule has 0 amide bonds. The highest BCUT2D eigenvalue weighted by Gasteiger charge is 2.55. The van der Waals surface area contributed by atoms with Crippen molar-refractivity contribution >= 4 is 17.9 Å². The number of carbonyl (C=O) groups is 3. The lowest BCUT2D eigenvalue weighted by Gasteiger charge is -2.32. The third-order valence-corrected chi connectivity index (χ3v) is 3.61. The van der Waals surface area contributed by atoms with Gasteiger partial charge < -0.3 is 14.2 Å². The zero-order chi connectivity index (χ0) is 16.7. The Balaban J connectivity index is 2.10. The molecule has 1 heterocycles. The van der Waals surface area contributed by atoms with E-state index < -0.39 is 30.1 Å². The van der Waals surface area contributed by atoms with E-state index in [4.69, 9.17) is 14.2 Å². The third kappa shape index (κ3) is 4.09. The second kappa shape index (κ2) is 7.76. The molecular weight excluding hydrogens is 300 g/mol. The molecular formula is C17H20O6. The number of benzene rings is 1. The van der Waals surface area contributed by atoms with Crippen molar-refractivity contribution in [3.8, 4) is 0 Å². The highest BCUT2D eigenvalue weighted by molar-refractivity contribution is 6.07. The van der Waals surface area contributed by atoms with Gasteiger partial charge in [-0.3, -0.25) is 0 Å². The number of cyclic esters (lactones) is 2. The number of rotatable bonds is 7. The van der Waals surface area contributed by atoms with Crippen molar-refractivity contribution in [2.75, 3.05) is 6.61 Å². The number of hydrogen-bond donors (Lipinski definition) is 0. The lowest BCUT2D eigenvalue weighted by molar-refractivity contribution is -0.211. The van der Waals surface area contributed by atoms with Crippen molar-refractivity contribution in [2.45, 2.75) is 44.8 Å². The van der Waals surface area contributed by atoms with Crippen LogP contribution in [0.2, 0.25) is 0 Å². The summed E-state index contributed by atoms with van der Waals surface area (Å²) in [7, 11) is 0. The van der Waals surface area contributed by atoms with Gasteiger partial charge in [0, 0.05) is 6.42 Å². The standard InChI is InChI=1S/C17H20O6/c1-2-3-7-10-17(16(20)22-12-14(18)23-17)15(19)21-11-13-8-5-4-6-9-13/h4-6,8-9H,2-3,7,10-12H2,1H3. The average Bonchev–Trinajstić information content (AvgIpc) is 2.57. The Labute approximate surface area is 134 Å². The zero-order valence-electron chi connectivity index (χ0n) is 13.1. The topological polar surface area (TPSA) is 78.9 Å². The van der Waals surface area contributed by atoms with Gasteiger partial charge in [0.15, 0.2) is 6.61 Å². The van der Waals surface area contributed by atoms with Gasteiger partial charge in [0.25, 0.3) is 0 Å². The predicted octanol–water partition coefficient (Wildman–Crippen LogP) is 2.15. The summed E-state index contributed by atoms with van der Waals surface area (Å²) in [6, 6.07) is 9.06. The fourth-order valence-electron chi connectivity index (χ4n) is 2.35. The minimum atomic E-state index is -1.97. The summed E-state index contributed by atoms with van der Waals surface area (Å²) in [5.41, 5.74) is -1.20. The van der Waals surface area contributed by atoms with Crippen LogP contribution in [0.15, 0.2) is 30.3 Å². The molecule has 23 heavy (non-hydrogen) atoms. The number of carbonyl (C=O) groups excluding carboxylic acids is 3. The van der Waals surface area contributed by atoms with Crippen molar-refractivity contribution in [3.05, 3.63) is 35.9 Å². The average molecular weight is 320 g/mol. The number of unbranched alkanes of at least 4 members (excludes halogenated alkanes) is 2. The van der Waals surface area contributed by atoms with E-state index in [0.29, 0.717) is 6.42 Å². The minimum absolute atomic E-state index is 0.0000313. The minimum Gasteiger partial charge on any atom is -0.457 e. The lowest BCUT2D eigenvalue weighted by Crippen LogP contribution is -2.56. The molecule has 124 valence electrons. The van der Waals surface area contributed by atoms with Crippen molar-refractivity contribution < 1.29 is 28.6 Å². The third-order valence-electron chi connectivity index (χ3n) is 3.61. The maximum Gasteiger partial charge on any atom is 0.363 e. The molecule has 6 heteroatoms. The predicted molar refractivity (Wildman–Crippen MR) is 80.2 cm³/mol. The molecule has 0 saturated carbocycles. The summed E-state index contributed by atoms with van der Waals surface area (Å²) in [5, 5.41) is 0. The fraction of sp³-hybridized carbons (Fsp3) is 0.471. The molecule has 1 atom stereocenters. The van der Waals surface area contributed by atoms with Gasteiger partial charge in [0.1, 0.15) is 6.61 Å². The molecule has 1 saturated heterocycles. The molecule has 0 N–H and O–H groups in total. The highest BCUT2D eigenvalue weighted by Crippen LogP contribution is 2.27. The molecule has 1 aliphatic heterocycles. The van der Waals surface area contributed by atoms with Crippen LogP contribution >= 0.6 is 0 Å². The zero-order valence-corrected chi connectivity index (χ0v) is 13.1. The summed E-state index contributed by atoms with van der Waals surface area (Å²) < 4.78 is 15.1. The van der Waals surface area contributed by atoms with E-state index in [1.807, 2.05) is 25.1 Å². The SMILES string of the molecule is CCCCCC1(C(=O)OCc2ccccc2)OC(=O)COC1=O. The van der Waals surface area contributed by atoms with Crippen LogP contribution in [0, 0.1) is 0 Å². The fourth-order valence-corrected chi connectivity index (χ4v) is 2.35. The van der Waals surface area contributed by atoms with Crippen LogP contribution < -0.4 is 0 Å². The summed E-state index contributed by atoms with van der Waals surface area (Å²) in [4.78, 5) is 36.1. The highest BCUT2D eigenvalue weighted by atomic mass is 16.7. The molecule has 1 aliphatic rings. The Morgan fingerprint density at radius 1 is 1.22 bits per heavy atom. The van der Waals surface area contributed by atoms with Gasteiger partial charge in [0.05, 0.1) is 0 Å². The van der Waals surface area contributed by atoms with Crippen molar-refractivity contribution in [1.82, 2.24) is 0 Å². The Morgan fingerprint density at radius 2 is 1.96 bits per heavy atom. The largest absolute Gasteiger partial charge is 0.457 e. The molecule has 0 bridgehead atoms. The van der Waals surface area contributed by atoms with Crippen LogP contribution in [0.1, 0.15) is 38.2 Å². The van der Waals surface area contributed by atoms with Crippen LogP contribution in [0.5, 0.6) is 0 Å². The van der Waals surface area contributed by atoms with E-state index in [2.05, 4.69) is 0 Å². The molecule has 0 aromatic heterocycles. The van der Waals surface area contributed by atoms with Gasteiger partial charge in [-0.15, -0.1) is 0 Å². The Kier molecular flexibility index (Phi) is 5.73. The number of ether oxygens (including phenoxy) is 3. The summed E-state index contributed by atoms with van der Waals surface area (Å²) in [6.07, 6.45) is 2.33. The van der Waals surface area contributed by atoms with Gasteiger partial charge in [-0.05, 0) is 12.0 Å². The monoisotopic (exact) mass is 320 g/mol. The van der Waals surface area contributed by atoms with E-state index in [0.717, 1.165) is 18.4 Å². The summed E-state index contributed by atoms with van der Waals surface area (Å²) >= 11 is 0.